The molecule has 0 bridgehead atoms. The molecule has 0 spiro atoms. The van der Waals surface area contributed by atoms with Crippen LogP contribution in [0, 0.1) is 0 Å². The number of ether oxygens (including phenoxy) is 2. The number of benzene rings is 2. The Labute approximate surface area is 171 Å². The van der Waals surface area contributed by atoms with Crippen LogP contribution < -0.4 is 5.73 Å². The van der Waals surface area contributed by atoms with Crippen LogP contribution in [0.4, 0.5) is 4.79 Å². The van der Waals surface area contributed by atoms with Crippen molar-refractivity contribution in [2.24, 2.45) is 5.73 Å². The lowest BCUT2D eigenvalue weighted by Crippen LogP contribution is -2.49. The Morgan fingerprint density at radius 2 is 1.55 bits per heavy atom. The summed E-state index contributed by atoms with van der Waals surface area (Å²) >= 11 is 0. The number of carbonyl (C=O) groups is 2. The molecule has 1 atom stereocenters. The van der Waals surface area contributed by atoms with Crippen molar-refractivity contribution >= 4 is 12.0 Å². The maximum Gasteiger partial charge on any atom is 0.410 e. The van der Waals surface area contributed by atoms with E-state index >= 15 is 0 Å². The first-order chi connectivity index (χ1) is 13.7. The standard InChI is InChI=1S/C23H28N2O4/c1-23(2,3)29-14-20(21(24)26)25(4)22(27)28-13-19-17-11-7-5-9-15(17)16-10-6-8-12-18(16)19/h5-12,19-20H,13-14H2,1-4H3,(H2,24,26)/t20-/m0/s1. The minimum atomic E-state index is -0.898. The van der Waals surface area contributed by atoms with Gasteiger partial charge in [0.15, 0.2) is 0 Å². The maximum absolute atomic E-state index is 12.6. The number of likely N-dealkylation sites (N-methyl/N-ethyl adjacent to an activating group) is 1. The molecule has 2 amide bonds. The zero-order valence-electron chi connectivity index (χ0n) is 17.3. The molecule has 0 heterocycles. The van der Waals surface area contributed by atoms with Crippen LogP contribution >= 0.6 is 0 Å². The second kappa shape index (κ2) is 8.25. The van der Waals surface area contributed by atoms with E-state index in [0.717, 1.165) is 22.3 Å². The molecular weight excluding hydrogens is 368 g/mol. The number of amides is 2. The van der Waals surface area contributed by atoms with Crippen molar-refractivity contribution in [3.05, 3.63) is 59.7 Å². The van der Waals surface area contributed by atoms with Gasteiger partial charge >= 0.3 is 6.09 Å². The highest BCUT2D eigenvalue weighted by molar-refractivity contribution is 5.84. The second-order valence-electron chi connectivity index (χ2n) is 8.26. The van der Waals surface area contributed by atoms with E-state index < -0.39 is 23.6 Å². The van der Waals surface area contributed by atoms with Gasteiger partial charge in [-0.15, -0.1) is 0 Å². The third-order valence-electron chi connectivity index (χ3n) is 5.09. The van der Waals surface area contributed by atoms with Gasteiger partial charge in [-0.05, 0) is 43.0 Å². The normalized spacial score (nSPS) is 14.1. The van der Waals surface area contributed by atoms with Crippen LogP contribution in [0.1, 0.15) is 37.8 Å². The molecule has 0 saturated heterocycles. The number of nitrogens with zero attached hydrogens (tertiary/aromatic N) is 1. The van der Waals surface area contributed by atoms with Crippen LogP contribution in [-0.2, 0) is 14.3 Å². The molecule has 154 valence electrons. The molecular formula is C23H28N2O4. The van der Waals surface area contributed by atoms with Gasteiger partial charge in [0.1, 0.15) is 12.6 Å². The van der Waals surface area contributed by atoms with Crippen LogP contribution in [-0.4, -0.2) is 48.8 Å². The van der Waals surface area contributed by atoms with Gasteiger partial charge in [0.2, 0.25) is 5.91 Å². The van der Waals surface area contributed by atoms with Crippen LogP contribution in [0.5, 0.6) is 0 Å². The topological polar surface area (TPSA) is 81.9 Å². The quantitative estimate of drug-likeness (QED) is 0.810. The Morgan fingerprint density at radius 3 is 2.03 bits per heavy atom. The fourth-order valence-electron chi connectivity index (χ4n) is 3.54. The highest BCUT2D eigenvalue weighted by Gasteiger charge is 2.32. The van der Waals surface area contributed by atoms with Crippen molar-refractivity contribution < 1.29 is 19.1 Å². The van der Waals surface area contributed by atoms with E-state index in [1.807, 2.05) is 45.0 Å². The van der Waals surface area contributed by atoms with Crippen molar-refractivity contribution in [2.75, 3.05) is 20.3 Å². The molecule has 0 fully saturated rings. The highest BCUT2D eigenvalue weighted by atomic mass is 16.6. The van der Waals surface area contributed by atoms with Crippen molar-refractivity contribution in [1.82, 2.24) is 4.90 Å². The summed E-state index contributed by atoms with van der Waals surface area (Å²) in [5, 5.41) is 0. The smallest absolute Gasteiger partial charge is 0.410 e. The van der Waals surface area contributed by atoms with Crippen molar-refractivity contribution in [3.8, 4) is 11.1 Å². The number of nitrogens with two attached hydrogens (primary N) is 1. The Kier molecular flexibility index (Phi) is 5.94. The van der Waals surface area contributed by atoms with Gasteiger partial charge in [-0.25, -0.2) is 4.79 Å². The van der Waals surface area contributed by atoms with Crippen LogP contribution in [0.25, 0.3) is 11.1 Å². The number of fused-ring (bicyclic) bond motifs is 3. The SMILES string of the molecule is CN(C(=O)OCC1c2ccccc2-c2ccccc21)[C@@H](COC(C)(C)C)C(N)=O. The molecule has 3 rings (SSSR count). The minimum Gasteiger partial charge on any atom is -0.448 e. The van der Waals surface area contributed by atoms with Crippen LogP contribution in [0.3, 0.4) is 0 Å². The fraction of sp³-hybridized carbons (Fsp3) is 0.391. The average molecular weight is 396 g/mol. The predicted octanol–water partition coefficient (Wildman–Crippen LogP) is 3.54. The number of carbonyl (C=O) groups excluding carboxylic acids is 2. The first kappa shape index (κ1) is 20.9. The van der Waals surface area contributed by atoms with E-state index in [9.17, 15) is 9.59 Å². The summed E-state index contributed by atoms with van der Waals surface area (Å²) in [5.74, 6) is -0.678. The van der Waals surface area contributed by atoms with E-state index in [0.29, 0.717) is 0 Å². The molecule has 2 aromatic rings. The molecule has 29 heavy (non-hydrogen) atoms. The van der Waals surface area contributed by atoms with Crippen molar-refractivity contribution in [2.45, 2.75) is 38.3 Å². The Bertz CT molecular complexity index is 858. The van der Waals surface area contributed by atoms with Gasteiger partial charge in [0.25, 0.3) is 0 Å². The van der Waals surface area contributed by atoms with Gasteiger partial charge in [-0.3, -0.25) is 9.69 Å². The zero-order valence-corrected chi connectivity index (χ0v) is 17.3. The van der Waals surface area contributed by atoms with Gasteiger partial charge in [-0.2, -0.15) is 0 Å². The largest absolute Gasteiger partial charge is 0.448 e. The monoisotopic (exact) mass is 396 g/mol. The summed E-state index contributed by atoms with van der Waals surface area (Å²) in [6.45, 7) is 5.82. The van der Waals surface area contributed by atoms with Gasteiger partial charge in [0.05, 0.1) is 12.2 Å². The van der Waals surface area contributed by atoms with Crippen LogP contribution in [0.2, 0.25) is 0 Å². The molecule has 1 aliphatic carbocycles. The summed E-state index contributed by atoms with van der Waals surface area (Å²) in [5.41, 5.74) is 9.61. The summed E-state index contributed by atoms with van der Waals surface area (Å²) < 4.78 is 11.2. The number of rotatable bonds is 6. The van der Waals surface area contributed by atoms with Crippen molar-refractivity contribution in [1.29, 1.82) is 0 Å². The highest BCUT2D eigenvalue weighted by Crippen LogP contribution is 2.44. The summed E-state index contributed by atoms with van der Waals surface area (Å²) in [6, 6.07) is 15.3. The van der Waals surface area contributed by atoms with E-state index in [4.69, 9.17) is 15.2 Å². The molecule has 6 heteroatoms. The molecule has 6 nitrogen and oxygen atoms in total. The molecule has 1 aliphatic rings. The lowest BCUT2D eigenvalue weighted by atomic mass is 9.98. The second-order valence-corrected chi connectivity index (χ2v) is 8.26. The first-order valence-corrected chi connectivity index (χ1v) is 9.70. The van der Waals surface area contributed by atoms with E-state index in [1.54, 1.807) is 0 Å². The third kappa shape index (κ3) is 4.59. The van der Waals surface area contributed by atoms with E-state index in [1.165, 1.54) is 11.9 Å². The molecule has 0 aliphatic heterocycles. The summed E-state index contributed by atoms with van der Waals surface area (Å²) in [6.07, 6.45) is -0.604. The molecule has 0 radical (unpaired) electrons. The number of hydrogen-bond donors (Lipinski definition) is 1. The summed E-state index contributed by atoms with van der Waals surface area (Å²) in [4.78, 5) is 25.7. The lowest BCUT2D eigenvalue weighted by Gasteiger charge is -2.29. The molecule has 2 aromatic carbocycles. The first-order valence-electron chi connectivity index (χ1n) is 9.70. The maximum atomic E-state index is 12.6. The minimum absolute atomic E-state index is 0.0134. The molecule has 2 N–H and O–H groups in total. The van der Waals surface area contributed by atoms with E-state index in [-0.39, 0.29) is 19.1 Å². The van der Waals surface area contributed by atoms with Gasteiger partial charge < -0.3 is 15.2 Å². The third-order valence-corrected chi connectivity index (χ3v) is 5.09. The van der Waals surface area contributed by atoms with Gasteiger partial charge in [0, 0.05) is 13.0 Å². The molecule has 0 aromatic heterocycles. The fourth-order valence-corrected chi connectivity index (χ4v) is 3.54. The van der Waals surface area contributed by atoms with Gasteiger partial charge in [-0.1, -0.05) is 48.5 Å². The van der Waals surface area contributed by atoms with Crippen molar-refractivity contribution in [3.63, 3.8) is 0 Å². The summed E-state index contributed by atoms with van der Waals surface area (Å²) in [7, 11) is 1.50. The Balaban J connectivity index is 1.70. The number of primary amides is 1. The Hall–Kier alpha value is -2.86. The van der Waals surface area contributed by atoms with Crippen LogP contribution in [0.15, 0.2) is 48.5 Å². The zero-order chi connectivity index (χ0) is 21.2. The number of hydrogen-bond acceptors (Lipinski definition) is 4. The Morgan fingerprint density at radius 1 is 1.03 bits per heavy atom. The average Bonchev–Trinajstić information content (AvgIpc) is 2.99. The lowest BCUT2D eigenvalue weighted by molar-refractivity contribution is -0.126. The van der Waals surface area contributed by atoms with E-state index in [2.05, 4.69) is 24.3 Å². The molecule has 0 unspecified atom stereocenters. The molecule has 0 saturated carbocycles. The predicted molar refractivity (Wildman–Crippen MR) is 112 cm³/mol.